The van der Waals surface area contributed by atoms with Gasteiger partial charge >= 0.3 is 0 Å². The van der Waals surface area contributed by atoms with Crippen LogP contribution in [-0.2, 0) is 11.3 Å². The molecule has 3 heterocycles. The zero-order chi connectivity index (χ0) is 19.5. The molecule has 0 radical (unpaired) electrons. The minimum Gasteiger partial charge on any atom is -0.342 e. The highest BCUT2D eigenvalue weighted by molar-refractivity contribution is 5.78. The van der Waals surface area contributed by atoms with E-state index in [2.05, 4.69) is 20.3 Å². The molecule has 3 aromatic rings. The average molecular weight is 382 g/mol. The molecule has 0 saturated carbocycles. The summed E-state index contributed by atoms with van der Waals surface area (Å²) in [5, 5.41) is 11.4. The largest absolute Gasteiger partial charge is 0.342 e. The molecular formula is C20H23FN6O. The number of aromatic amines is 1. The molecule has 4 rings (SSSR count). The minimum absolute atomic E-state index is 0.143. The monoisotopic (exact) mass is 382 g/mol. The Hall–Kier alpha value is -3.03. The first kappa shape index (κ1) is 18.3. The number of nitrogens with one attached hydrogen (secondary N) is 1. The van der Waals surface area contributed by atoms with Crippen LogP contribution >= 0.6 is 0 Å². The highest BCUT2D eigenvalue weighted by Crippen LogP contribution is 2.34. The molecule has 146 valence electrons. The molecule has 1 unspecified atom stereocenters. The van der Waals surface area contributed by atoms with E-state index in [9.17, 15) is 9.18 Å². The van der Waals surface area contributed by atoms with E-state index in [-0.39, 0.29) is 23.6 Å². The van der Waals surface area contributed by atoms with Gasteiger partial charge in [0.05, 0.1) is 18.7 Å². The van der Waals surface area contributed by atoms with Gasteiger partial charge in [-0.05, 0) is 30.5 Å². The van der Waals surface area contributed by atoms with Crippen LogP contribution in [-0.4, -0.2) is 48.9 Å². The molecule has 1 saturated heterocycles. The number of hydrogen-bond donors (Lipinski definition) is 1. The molecule has 7 nitrogen and oxygen atoms in total. The lowest BCUT2D eigenvalue weighted by Gasteiger charge is -2.33. The van der Waals surface area contributed by atoms with Crippen molar-refractivity contribution in [2.45, 2.75) is 32.2 Å². The number of H-pyrrole nitrogens is 1. The zero-order valence-corrected chi connectivity index (χ0v) is 15.8. The number of carbonyl (C=O) groups is 1. The first-order chi connectivity index (χ1) is 13.6. The zero-order valence-electron chi connectivity index (χ0n) is 15.8. The van der Waals surface area contributed by atoms with Crippen molar-refractivity contribution < 1.29 is 9.18 Å². The van der Waals surface area contributed by atoms with E-state index in [4.69, 9.17) is 0 Å². The SMILES string of the molecule is CC(Cn1cncn1)C(=O)N1CCC(c2[nH]ncc2-c2cccc(F)c2)CC1. The predicted molar refractivity (Wildman–Crippen MR) is 102 cm³/mol. The summed E-state index contributed by atoms with van der Waals surface area (Å²) in [5.74, 6) is 0.0130. The van der Waals surface area contributed by atoms with Crippen molar-refractivity contribution >= 4 is 5.91 Å². The van der Waals surface area contributed by atoms with Gasteiger partial charge in [-0.2, -0.15) is 10.2 Å². The van der Waals surface area contributed by atoms with E-state index in [0.29, 0.717) is 19.6 Å². The van der Waals surface area contributed by atoms with Crippen LogP contribution in [0.5, 0.6) is 0 Å². The average Bonchev–Trinajstić information content (AvgIpc) is 3.39. The number of nitrogens with zero attached hydrogens (tertiary/aromatic N) is 5. The molecule has 1 atom stereocenters. The van der Waals surface area contributed by atoms with Crippen molar-refractivity contribution in [1.29, 1.82) is 0 Å². The normalized spacial score (nSPS) is 16.3. The van der Waals surface area contributed by atoms with Crippen LogP contribution in [0.4, 0.5) is 4.39 Å². The molecule has 28 heavy (non-hydrogen) atoms. The number of halogens is 1. The quantitative estimate of drug-likeness (QED) is 0.736. The summed E-state index contributed by atoms with van der Waals surface area (Å²) in [6.07, 6.45) is 6.56. The molecule has 1 aromatic carbocycles. The van der Waals surface area contributed by atoms with Crippen LogP contribution in [0.25, 0.3) is 11.1 Å². The molecule has 1 N–H and O–H groups in total. The number of rotatable bonds is 5. The van der Waals surface area contributed by atoms with Crippen LogP contribution in [0.2, 0.25) is 0 Å². The third kappa shape index (κ3) is 3.81. The third-order valence-corrected chi connectivity index (χ3v) is 5.37. The summed E-state index contributed by atoms with van der Waals surface area (Å²) >= 11 is 0. The first-order valence-corrected chi connectivity index (χ1v) is 9.52. The maximum atomic E-state index is 13.6. The van der Waals surface area contributed by atoms with Crippen LogP contribution in [0.3, 0.4) is 0 Å². The van der Waals surface area contributed by atoms with Crippen molar-refractivity contribution in [1.82, 2.24) is 29.9 Å². The lowest BCUT2D eigenvalue weighted by molar-refractivity contribution is -0.136. The van der Waals surface area contributed by atoms with E-state index in [1.54, 1.807) is 23.3 Å². The summed E-state index contributed by atoms with van der Waals surface area (Å²) in [5.41, 5.74) is 2.78. The van der Waals surface area contributed by atoms with Crippen LogP contribution in [0.15, 0.2) is 43.1 Å². The van der Waals surface area contributed by atoms with Gasteiger partial charge in [-0.15, -0.1) is 0 Å². The van der Waals surface area contributed by atoms with Gasteiger partial charge in [-0.25, -0.2) is 9.37 Å². The van der Waals surface area contributed by atoms with Gasteiger partial charge < -0.3 is 4.90 Å². The highest BCUT2D eigenvalue weighted by atomic mass is 19.1. The molecule has 1 aliphatic heterocycles. The second-order valence-electron chi connectivity index (χ2n) is 7.33. The standard InChI is InChI=1S/C20H23FN6O/c1-14(11-27-13-22-12-24-27)20(28)26-7-5-15(6-8-26)19-18(10-23-25-19)16-3-2-4-17(21)9-16/h2-4,9-10,12-15H,5-8,11H2,1H3,(H,23,25). The number of amides is 1. The van der Waals surface area contributed by atoms with Crippen molar-refractivity contribution in [2.24, 2.45) is 5.92 Å². The first-order valence-electron chi connectivity index (χ1n) is 9.52. The van der Waals surface area contributed by atoms with Crippen LogP contribution < -0.4 is 0 Å². The van der Waals surface area contributed by atoms with E-state index < -0.39 is 0 Å². The molecule has 0 spiro atoms. The number of piperidine rings is 1. The Labute approximate surface area is 162 Å². The van der Waals surface area contributed by atoms with E-state index in [1.165, 1.54) is 18.5 Å². The maximum absolute atomic E-state index is 13.6. The summed E-state index contributed by atoms with van der Waals surface area (Å²) in [7, 11) is 0. The molecule has 8 heteroatoms. The predicted octanol–water partition coefficient (Wildman–Crippen LogP) is 2.85. The Kier molecular flexibility index (Phi) is 5.18. The lowest BCUT2D eigenvalue weighted by Crippen LogP contribution is -2.41. The molecule has 2 aromatic heterocycles. The van der Waals surface area contributed by atoms with Crippen LogP contribution in [0.1, 0.15) is 31.4 Å². The Morgan fingerprint density at radius 3 is 2.89 bits per heavy atom. The van der Waals surface area contributed by atoms with Gasteiger partial charge in [0.2, 0.25) is 5.91 Å². The molecular weight excluding hydrogens is 359 g/mol. The minimum atomic E-state index is -0.258. The van der Waals surface area contributed by atoms with Gasteiger partial charge in [-0.3, -0.25) is 14.6 Å². The third-order valence-electron chi connectivity index (χ3n) is 5.37. The van der Waals surface area contributed by atoms with Gasteiger partial charge in [0.15, 0.2) is 0 Å². The van der Waals surface area contributed by atoms with E-state index in [0.717, 1.165) is 29.7 Å². The number of hydrogen-bond acceptors (Lipinski definition) is 4. The van der Waals surface area contributed by atoms with Crippen LogP contribution in [0, 0.1) is 11.7 Å². The van der Waals surface area contributed by atoms with Gasteiger partial charge in [-0.1, -0.05) is 19.1 Å². The fourth-order valence-electron chi connectivity index (χ4n) is 3.88. The Morgan fingerprint density at radius 2 is 2.18 bits per heavy atom. The summed E-state index contributed by atoms with van der Waals surface area (Å²) < 4.78 is 15.3. The molecule has 1 aliphatic rings. The van der Waals surface area contributed by atoms with Crippen molar-refractivity contribution in [3.8, 4) is 11.1 Å². The van der Waals surface area contributed by atoms with Crippen molar-refractivity contribution in [3.05, 3.63) is 54.6 Å². The van der Waals surface area contributed by atoms with Gasteiger partial charge in [0.25, 0.3) is 0 Å². The van der Waals surface area contributed by atoms with E-state index >= 15 is 0 Å². The van der Waals surface area contributed by atoms with Gasteiger partial charge in [0.1, 0.15) is 18.5 Å². The number of aromatic nitrogens is 5. The highest BCUT2D eigenvalue weighted by Gasteiger charge is 2.29. The summed E-state index contributed by atoms with van der Waals surface area (Å²) in [6.45, 7) is 3.86. The Morgan fingerprint density at radius 1 is 1.36 bits per heavy atom. The Bertz CT molecular complexity index is 930. The topological polar surface area (TPSA) is 79.7 Å². The van der Waals surface area contributed by atoms with Crippen molar-refractivity contribution in [2.75, 3.05) is 13.1 Å². The number of carbonyl (C=O) groups excluding carboxylic acids is 1. The number of likely N-dealkylation sites (tertiary alicyclic amines) is 1. The van der Waals surface area contributed by atoms with Gasteiger partial charge in [0, 0.05) is 30.3 Å². The molecule has 0 bridgehead atoms. The smallest absolute Gasteiger partial charge is 0.227 e. The Balaban J connectivity index is 1.40. The van der Waals surface area contributed by atoms with Crippen molar-refractivity contribution in [3.63, 3.8) is 0 Å². The molecule has 1 amide bonds. The molecule has 0 aliphatic carbocycles. The summed E-state index contributed by atoms with van der Waals surface area (Å²) in [4.78, 5) is 18.6. The number of benzene rings is 1. The summed E-state index contributed by atoms with van der Waals surface area (Å²) in [6, 6.07) is 6.56. The fraction of sp³-hybridized carbons (Fsp3) is 0.400. The maximum Gasteiger partial charge on any atom is 0.227 e. The second kappa shape index (κ2) is 7.92. The molecule has 1 fully saturated rings. The lowest BCUT2D eigenvalue weighted by atomic mass is 9.89. The second-order valence-corrected chi connectivity index (χ2v) is 7.33. The van der Waals surface area contributed by atoms with E-state index in [1.807, 2.05) is 17.9 Å². The fourth-order valence-corrected chi connectivity index (χ4v) is 3.88.